The van der Waals surface area contributed by atoms with Crippen LogP contribution in [-0.4, -0.2) is 40.3 Å². The number of hydrogen-bond donors (Lipinski definition) is 2. The van der Waals surface area contributed by atoms with Gasteiger partial charge in [0.1, 0.15) is 6.10 Å². The number of esters is 1. The van der Waals surface area contributed by atoms with Gasteiger partial charge in [-0.15, -0.1) is 0 Å². The molecule has 0 bridgehead atoms. The van der Waals surface area contributed by atoms with Crippen LogP contribution in [-0.2, 0) is 14.3 Å². The molecule has 2 atom stereocenters. The molecule has 0 aliphatic heterocycles. The monoisotopic (exact) mass is 324 g/mol. The lowest BCUT2D eigenvalue weighted by atomic mass is 10.0. The SMILES string of the molecule is COC(=O)/C=C/c1ccc(C(O)C(O)CCSC(C)=O)cc1. The highest BCUT2D eigenvalue weighted by molar-refractivity contribution is 8.13. The van der Waals surface area contributed by atoms with Crippen molar-refractivity contribution < 1.29 is 24.5 Å². The Balaban J connectivity index is 2.59. The van der Waals surface area contributed by atoms with Crippen molar-refractivity contribution in [3.8, 4) is 0 Å². The molecule has 0 aliphatic rings. The number of ether oxygens (including phenoxy) is 1. The van der Waals surface area contributed by atoms with E-state index in [1.165, 1.54) is 20.1 Å². The lowest BCUT2D eigenvalue weighted by Gasteiger charge is -2.17. The van der Waals surface area contributed by atoms with Gasteiger partial charge in [0.05, 0.1) is 13.2 Å². The first-order valence-corrected chi connectivity index (χ1v) is 7.78. The molecule has 0 amide bonds. The molecule has 0 radical (unpaired) electrons. The fraction of sp³-hybridized carbons (Fsp3) is 0.375. The molecule has 0 fully saturated rings. The summed E-state index contributed by atoms with van der Waals surface area (Å²) in [6, 6.07) is 6.83. The Morgan fingerprint density at radius 1 is 1.27 bits per heavy atom. The number of carbonyl (C=O) groups is 2. The van der Waals surface area contributed by atoms with Crippen molar-refractivity contribution in [1.29, 1.82) is 0 Å². The van der Waals surface area contributed by atoms with E-state index >= 15 is 0 Å². The number of hydrogen-bond acceptors (Lipinski definition) is 6. The summed E-state index contributed by atoms with van der Waals surface area (Å²) < 4.78 is 4.49. The van der Waals surface area contributed by atoms with E-state index < -0.39 is 18.2 Å². The van der Waals surface area contributed by atoms with Crippen LogP contribution in [0.5, 0.6) is 0 Å². The summed E-state index contributed by atoms with van der Waals surface area (Å²) in [4.78, 5) is 21.8. The largest absolute Gasteiger partial charge is 0.466 e. The minimum Gasteiger partial charge on any atom is -0.466 e. The van der Waals surface area contributed by atoms with Gasteiger partial charge in [0.2, 0.25) is 0 Å². The van der Waals surface area contributed by atoms with Crippen LogP contribution in [0.25, 0.3) is 6.08 Å². The number of thioether (sulfide) groups is 1. The van der Waals surface area contributed by atoms with Crippen LogP contribution in [0.4, 0.5) is 0 Å². The molecule has 5 nitrogen and oxygen atoms in total. The molecule has 6 heteroatoms. The summed E-state index contributed by atoms with van der Waals surface area (Å²) in [5.74, 6) is 0.0237. The minimum atomic E-state index is -1.01. The molecular weight excluding hydrogens is 304 g/mol. The molecular formula is C16H20O5S. The second-order valence-electron chi connectivity index (χ2n) is 4.66. The van der Waals surface area contributed by atoms with Crippen LogP contribution in [0.2, 0.25) is 0 Å². The van der Waals surface area contributed by atoms with Gasteiger partial charge in [-0.3, -0.25) is 4.79 Å². The van der Waals surface area contributed by atoms with Crippen LogP contribution in [0, 0.1) is 0 Å². The summed E-state index contributed by atoms with van der Waals surface area (Å²) in [5, 5.41) is 20.0. The van der Waals surface area contributed by atoms with E-state index in [-0.39, 0.29) is 5.12 Å². The lowest BCUT2D eigenvalue weighted by Crippen LogP contribution is -2.19. The number of methoxy groups -OCH3 is 1. The third-order valence-corrected chi connectivity index (χ3v) is 3.82. The smallest absolute Gasteiger partial charge is 0.330 e. The molecule has 0 spiro atoms. The summed E-state index contributed by atoms with van der Waals surface area (Å²) in [7, 11) is 1.30. The number of carbonyl (C=O) groups excluding carboxylic acids is 2. The van der Waals surface area contributed by atoms with Crippen molar-refractivity contribution in [3.63, 3.8) is 0 Å². The van der Waals surface area contributed by atoms with Gasteiger partial charge in [-0.05, 0) is 23.6 Å². The molecule has 1 aromatic carbocycles. The second-order valence-corrected chi connectivity index (χ2v) is 5.94. The van der Waals surface area contributed by atoms with Gasteiger partial charge in [0, 0.05) is 18.8 Å². The van der Waals surface area contributed by atoms with Crippen LogP contribution in [0.1, 0.15) is 30.6 Å². The Labute approximate surface area is 134 Å². The van der Waals surface area contributed by atoms with E-state index in [9.17, 15) is 19.8 Å². The summed E-state index contributed by atoms with van der Waals surface area (Å²) >= 11 is 1.12. The minimum absolute atomic E-state index is 0.0107. The van der Waals surface area contributed by atoms with Crippen LogP contribution in [0.3, 0.4) is 0 Å². The Morgan fingerprint density at radius 2 is 1.91 bits per heavy atom. The van der Waals surface area contributed by atoms with E-state index in [1.54, 1.807) is 30.3 Å². The molecule has 1 rings (SSSR count). The predicted molar refractivity (Wildman–Crippen MR) is 86.2 cm³/mol. The molecule has 0 saturated heterocycles. The van der Waals surface area contributed by atoms with Crippen molar-refractivity contribution in [2.75, 3.05) is 12.9 Å². The van der Waals surface area contributed by atoms with Crippen LogP contribution in [0.15, 0.2) is 30.3 Å². The average Bonchev–Trinajstić information content (AvgIpc) is 2.51. The Morgan fingerprint density at radius 3 is 2.45 bits per heavy atom. The summed E-state index contributed by atoms with van der Waals surface area (Å²) in [6.45, 7) is 1.47. The maximum atomic E-state index is 11.0. The van der Waals surface area contributed by atoms with Crippen molar-refractivity contribution in [3.05, 3.63) is 41.5 Å². The highest BCUT2D eigenvalue weighted by atomic mass is 32.2. The molecule has 0 aliphatic carbocycles. The van der Waals surface area contributed by atoms with E-state index in [4.69, 9.17) is 0 Å². The van der Waals surface area contributed by atoms with E-state index in [1.807, 2.05) is 0 Å². The maximum absolute atomic E-state index is 11.0. The predicted octanol–water partition coefficient (Wildman–Crippen LogP) is 1.94. The first-order chi connectivity index (χ1) is 10.4. The Kier molecular flexibility index (Phi) is 7.87. The highest BCUT2D eigenvalue weighted by Crippen LogP contribution is 2.21. The fourth-order valence-electron chi connectivity index (χ4n) is 1.74. The topological polar surface area (TPSA) is 83.8 Å². The van der Waals surface area contributed by atoms with Gasteiger partial charge in [-0.25, -0.2) is 4.79 Å². The maximum Gasteiger partial charge on any atom is 0.330 e. The third-order valence-electron chi connectivity index (χ3n) is 2.97. The first-order valence-electron chi connectivity index (χ1n) is 6.79. The van der Waals surface area contributed by atoms with Crippen molar-refractivity contribution in [2.24, 2.45) is 0 Å². The molecule has 2 unspecified atom stereocenters. The lowest BCUT2D eigenvalue weighted by molar-refractivity contribution is -0.134. The number of benzene rings is 1. The molecule has 120 valence electrons. The molecule has 0 saturated carbocycles. The van der Waals surface area contributed by atoms with Crippen LogP contribution >= 0.6 is 11.8 Å². The average molecular weight is 324 g/mol. The molecule has 0 heterocycles. The molecule has 22 heavy (non-hydrogen) atoms. The van der Waals surface area contributed by atoms with E-state index in [0.29, 0.717) is 17.7 Å². The quantitative estimate of drug-likeness (QED) is 0.589. The zero-order valence-electron chi connectivity index (χ0n) is 12.6. The summed E-state index contributed by atoms with van der Waals surface area (Å²) in [6.07, 6.45) is 1.30. The fourth-order valence-corrected chi connectivity index (χ4v) is 2.39. The van der Waals surface area contributed by atoms with Crippen LogP contribution < -0.4 is 0 Å². The van der Waals surface area contributed by atoms with Gasteiger partial charge in [0.15, 0.2) is 5.12 Å². The Bertz CT molecular complexity index is 524. The van der Waals surface area contributed by atoms with Gasteiger partial charge in [-0.1, -0.05) is 36.0 Å². The van der Waals surface area contributed by atoms with Gasteiger partial charge in [-0.2, -0.15) is 0 Å². The summed E-state index contributed by atoms with van der Waals surface area (Å²) in [5.41, 5.74) is 1.36. The highest BCUT2D eigenvalue weighted by Gasteiger charge is 2.18. The second kappa shape index (κ2) is 9.40. The molecule has 1 aromatic rings. The number of aliphatic hydroxyl groups excluding tert-OH is 2. The Hall–Kier alpha value is -1.63. The van der Waals surface area contributed by atoms with Crippen molar-refractivity contribution in [2.45, 2.75) is 25.6 Å². The molecule has 0 aromatic heterocycles. The zero-order chi connectivity index (χ0) is 16.5. The third kappa shape index (κ3) is 6.43. The van der Waals surface area contributed by atoms with Crippen molar-refractivity contribution >= 4 is 28.9 Å². The van der Waals surface area contributed by atoms with Gasteiger partial charge in [0.25, 0.3) is 0 Å². The standard InChI is InChI=1S/C16H20O5S/c1-11(17)22-10-9-14(18)16(20)13-6-3-12(4-7-13)5-8-15(19)21-2/h3-8,14,16,18,20H,9-10H2,1-2H3/b8-5+. The number of aliphatic hydroxyl groups is 2. The first kappa shape index (κ1) is 18.4. The normalized spacial score (nSPS) is 13.8. The number of rotatable bonds is 7. The van der Waals surface area contributed by atoms with E-state index in [2.05, 4.69) is 4.74 Å². The van der Waals surface area contributed by atoms with E-state index in [0.717, 1.165) is 17.3 Å². The zero-order valence-corrected chi connectivity index (χ0v) is 13.4. The van der Waals surface area contributed by atoms with Gasteiger partial charge < -0.3 is 14.9 Å². The molecule has 2 N–H and O–H groups in total. The van der Waals surface area contributed by atoms with Crippen molar-refractivity contribution in [1.82, 2.24) is 0 Å². The van der Waals surface area contributed by atoms with Gasteiger partial charge >= 0.3 is 5.97 Å².